The zero-order valence-electron chi connectivity index (χ0n) is 11.1. The summed E-state index contributed by atoms with van der Waals surface area (Å²) in [5, 5.41) is 4.40. The first-order valence-electron chi connectivity index (χ1n) is 5.90. The molecule has 0 aliphatic rings. The van der Waals surface area contributed by atoms with E-state index in [-0.39, 0.29) is 0 Å². The summed E-state index contributed by atoms with van der Waals surface area (Å²) in [6, 6.07) is 0. The molecule has 0 unspecified atom stereocenters. The van der Waals surface area contributed by atoms with E-state index in [1.54, 1.807) is 11.8 Å². The summed E-state index contributed by atoms with van der Waals surface area (Å²) in [7, 11) is 3.52. The SMILES string of the molecule is CCc1nn(C)cc1-c1nc(N)c(I)c(COC)n1. The molecule has 0 radical (unpaired) electrons. The highest BCUT2D eigenvalue weighted by Crippen LogP contribution is 2.24. The van der Waals surface area contributed by atoms with Gasteiger partial charge in [0.15, 0.2) is 5.82 Å². The number of anilines is 1. The molecule has 6 nitrogen and oxygen atoms in total. The minimum atomic E-state index is 0.416. The second kappa shape index (κ2) is 5.83. The Hall–Kier alpha value is -1.22. The summed E-state index contributed by atoms with van der Waals surface area (Å²) in [5.41, 5.74) is 8.63. The highest BCUT2D eigenvalue weighted by molar-refractivity contribution is 14.1. The molecule has 2 heterocycles. The molecule has 0 atom stereocenters. The lowest BCUT2D eigenvalue weighted by Gasteiger charge is -2.08. The number of hydrogen-bond acceptors (Lipinski definition) is 5. The minimum Gasteiger partial charge on any atom is -0.383 e. The Morgan fingerprint density at radius 1 is 1.37 bits per heavy atom. The van der Waals surface area contributed by atoms with Crippen molar-refractivity contribution < 1.29 is 4.74 Å². The zero-order valence-corrected chi connectivity index (χ0v) is 13.3. The molecule has 0 aliphatic carbocycles. The van der Waals surface area contributed by atoms with Gasteiger partial charge in [-0.3, -0.25) is 4.68 Å². The van der Waals surface area contributed by atoms with Crippen LogP contribution in [-0.2, 0) is 24.8 Å². The normalized spacial score (nSPS) is 10.9. The van der Waals surface area contributed by atoms with Crippen LogP contribution in [0.2, 0.25) is 0 Å². The van der Waals surface area contributed by atoms with Gasteiger partial charge in [-0.1, -0.05) is 6.92 Å². The van der Waals surface area contributed by atoms with Gasteiger partial charge in [0, 0.05) is 20.4 Å². The topological polar surface area (TPSA) is 78.9 Å². The monoisotopic (exact) mass is 373 g/mol. The molecular weight excluding hydrogens is 357 g/mol. The van der Waals surface area contributed by atoms with E-state index in [1.165, 1.54) is 0 Å². The Bertz CT molecular complexity index is 596. The number of aromatic nitrogens is 4. The standard InChI is InChI=1S/C12H16IN5O/c1-4-8-7(5-18(2)17-8)12-15-9(6-19-3)10(13)11(14)16-12/h5H,4,6H2,1-3H3,(H2,14,15,16). The molecule has 7 heteroatoms. The molecule has 0 spiro atoms. The van der Waals surface area contributed by atoms with Crippen LogP contribution in [0, 0.1) is 3.57 Å². The molecule has 0 aliphatic heterocycles. The predicted octanol–water partition coefficient (Wildman–Crippen LogP) is 1.77. The highest BCUT2D eigenvalue weighted by Gasteiger charge is 2.15. The van der Waals surface area contributed by atoms with Crippen LogP contribution in [0.15, 0.2) is 6.20 Å². The van der Waals surface area contributed by atoms with Gasteiger partial charge in [-0.15, -0.1) is 0 Å². The number of ether oxygens (including phenoxy) is 1. The molecule has 0 fully saturated rings. The summed E-state index contributed by atoms with van der Waals surface area (Å²) < 4.78 is 7.75. The molecule has 2 aromatic rings. The van der Waals surface area contributed by atoms with Crippen LogP contribution in [-0.4, -0.2) is 26.9 Å². The molecule has 0 amide bonds. The van der Waals surface area contributed by atoms with Crippen molar-refractivity contribution in [1.29, 1.82) is 0 Å². The van der Waals surface area contributed by atoms with Crippen LogP contribution < -0.4 is 5.73 Å². The first kappa shape index (κ1) is 14.2. The fraction of sp³-hybridized carbons (Fsp3) is 0.417. The Kier molecular flexibility index (Phi) is 4.35. The molecule has 0 aromatic carbocycles. The fourth-order valence-electron chi connectivity index (χ4n) is 1.85. The maximum absolute atomic E-state index is 5.95. The van der Waals surface area contributed by atoms with Crippen molar-refractivity contribution in [3.63, 3.8) is 0 Å². The van der Waals surface area contributed by atoms with Gasteiger partial charge in [0.2, 0.25) is 0 Å². The van der Waals surface area contributed by atoms with Crippen LogP contribution in [0.1, 0.15) is 18.3 Å². The molecule has 0 bridgehead atoms. The maximum Gasteiger partial charge on any atom is 0.165 e. The molecule has 0 saturated carbocycles. The van der Waals surface area contributed by atoms with Gasteiger partial charge in [0.25, 0.3) is 0 Å². The number of methoxy groups -OCH3 is 1. The Labute approximate surface area is 125 Å². The number of nitrogens with two attached hydrogens (primary N) is 1. The van der Waals surface area contributed by atoms with Crippen molar-refractivity contribution in [2.45, 2.75) is 20.0 Å². The van der Waals surface area contributed by atoms with Crippen molar-refractivity contribution in [3.05, 3.63) is 21.2 Å². The van der Waals surface area contributed by atoms with E-state index in [1.807, 2.05) is 13.2 Å². The van der Waals surface area contributed by atoms with E-state index < -0.39 is 0 Å². The first-order chi connectivity index (χ1) is 9.06. The molecule has 19 heavy (non-hydrogen) atoms. The lowest BCUT2D eigenvalue weighted by molar-refractivity contribution is 0.181. The van der Waals surface area contributed by atoms with Gasteiger partial charge < -0.3 is 10.5 Å². The van der Waals surface area contributed by atoms with Crippen LogP contribution in [0.25, 0.3) is 11.4 Å². The lowest BCUT2D eigenvalue weighted by Crippen LogP contribution is -2.06. The number of nitrogen functional groups attached to an aromatic ring is 1. The third-order valence-electron chi connectivity index (χ3n) is 2.71. The van der Waals surface area contributed by atoms with Gasteiger partial charge in [-0.2, -0.15) is 5.10 Å². The fourth-order valence-corrected chi connectivity index (χ4v) is 2.25. The van der Waals surface area contributed by atoms with Crippen molar-refractivity contribution in [2.24, 2.45) is 7.05 Å². The third-order valence-corrected chi connectivity index (χ3v) is 3.88. The van der Waals surface area contributed by atoms with Gasteiger partial charge in [0.05, 0.1) is 27.1 Å². The second-order valence-corrected chi connectivity index (χ2v) is 5.22. The van der Waals surface area contributed by atoms with Crippen LogP contribution in [0.3, 0.4) is 0 Å². The largest absolute Gasteiger partial charge is 0.383 e. The number of nitrogens with zero attached hydrogens (tertiary/aromatic N) is 4. The Morgan fingerprint density at radius 2 is 2.11 bits per heavy atom. The minimum absolute atomic E-state index is 0.416. The van der Waals surface area contributed by atoms with Gasteiger partial charge in [-0.05, 0) is 29.0 Å². The summed E-state index contributed by atoms with van der Waals surface area (Å²) in [6.45, 7) is 2.47. The lowest BCUT2D eigenvalue weighted by atomic mass is 10.2. The quantitative estimate of drug-likeness (QED) is 0.827. The molecule has 2 aromatic heterocycles. The molecule has 2 N–H and O–H groups in total. The number of hydrogen-bond donors (Lipinski definition) is 1. The number of rotatable bonds is 4. The van der Waals surface area contributed by atoms with E-state index >= 15 is 0 Å². The maximum atomic E-state index is 5.95. The smallest absolute Gasteiger partial charge is 0.165 e. The van der Waals surface area contributed by atoms with Gasteiger partial charge >= 0.3 is 0 Å². The van der Waals surface area contributed by atoms with Crippen LogP contribution in [0.4, 0.5) is 5.82 Å². The average molecular weight is 373 g/mol. The highest BCUT2D eigenvalue weighted by atomic mass is 127. The Balaban J connectivity index is 2.55. The molecule has 0 saturated heterocycles. The molecule has 102 valence electrons. The van der Waals surface area contributed by atoms with Crippen LogP contribution in [0.5, 0.6) is 0 Å². The summed E-state index contributed by atoms with van der Waals surface area (Å²) >= 11 is 2.14. The van der Waals surface area contributed by atoms with Gasteiger partial charge in [0.1, 0.15) is 5.82 Å². The van der Waals surface area contributed by atoms with Gasteiger partial charge in [-0.25, -0.2) is 9.97 Å². The van der Waals surface area contributed by atoms with E-state index in [9.17, 15) is 0 Å². The zero-order chi connectivity index (χ0) is 14.0. The van der Waals surface area contributed by atoms with E-state index in [0.717, 1.165) is 26.9 Å². The van der Waals surface area contributed by atoms with Crippen molar-refractivity contribution >= 4 is 28.4 Å². The summed E-state index contributed by atoms with van der Waals surface area (Å²) in [6.07, 6.45) is 2.74. The van der Waals surface area contributed by atoms with Crippen molar-refractivity contribution in [3.8, 4) is 11.4 Å². The molecule has 2 rings (SSSR count). The summed E-state index contributed by atoms with van der Waals surface area (Å²) in [4.78, 5) is 8.90. The predicted molar refractivity (Wildman–Crippen MR) is 81.5 cm³/mol. The second-order valence-electron chi connectivity index (χ2n) is 4.14. The summed E-state index contributed by atoms with van der Waals surface area (Å²) in [5.74, 6) is 1.08. The van der Waals surface area contributed by atoms with Crippen molar-refractivity contribution in [2.75, 3.05) is 12.8 Å². The number of aryl methyl sites for hydroxylation is 2. The average Bonchev–Trinajstić information content (AvgIpc) is 2.76. The number of halogens is 1. The van der Waals surface area contributed by atoms with E-state index in [0.29, 0.717) is 18.2 Å². The third kappa shape index (κ3) is 2.86. The van der Waals surface area contributed by atoms with Crippen molar-refractivity contribution in [1.82, 2.24) is 19.7 Å². The Morgan fingerprint density at radius 3 is 2.74 bits per heavy atom. The van der Waals surface area contributed by atoms with E-state index in [2.05, 4.69) is 44.6 Å². The van der Waals surface area contributed by atoms with Crippen LogP contribution >= 0.6 is 22.6 Å². The first-order valence-corrected chi connectivity index (χ1v) is 6.98. The molecular formula is C12H16IN5O. The van der Waals surface area contributed by atoms with E-state index in [4.69, 9.17) is 10.5 Å².